The molecule has 7 aliphatic rings. The number of anilines is 6. The minimum atomic E-state index is 0.308. The van der Waals surface area contributed by atoms with Gasteiger partial charge >= 0.3 is 0 Å². The van der Waals surface area contributed by atoms with Crippen molar-refractivity contribution in [1.82, 2.24) is 80.1 Å². The van der Waals surface area contributed by atoms with Crippen molar-refractivity contribution in [3.05, 3.63) is 160 Å². The van der Waals surface area contributed by atoms with E-state index in [2.05, 4.69) is 213 Å². The van der Waals surface area contributed by atoms with E-state index >= 15 is 0 Å². The van der Waals surface area contributed by atoms with Crippen molar-refractivity contribution in [2.75, 3.05) is 77.7 Å². The molecule has 2 unspecified atom stereocenters. The number of aliphatic imine (C=N–C) groups is 2. The van der Waals surface area contributed by atoms with Crippen LogP contribution in [0.5, 0.6) is 5.75 Å². The largest absolute Gasteiger partial charge is 0.484 e. The summed E-state index contributed by atoms with van der Waals surface area (Å²) in [6.07, 6.45) is 22.0. The van der Waals surface area contributed by atoms with Crippen LogP contribution >= 0.6 is 103 Å². The van der Waals surface area contributed by atoms with Crippen LogP contribution in [0.4, 0.5) is 35.7 Å². The molecule has 17 heterocycles. The topological polar surface area (TPSA) is 312 Å². The van der Waals surface area contributed by atoms with Gasteiger partial charge in [-0.05, 0) is 182 Å². The summed E-state index contributed by atoms with van der Waals surface area (Å²) < 4.78 is 6.83. The molecule has 133 heavy (non-hydrogen) atoms. The lowest BCUT2D eigenvalue weighted by Crippen LogP contribution is -2.38. The number of benzene rings is 1. The fraction of sp³-hybridized carbons (Fsp3) is 0.444. The molecule has 712 valence electrons. The summed E-state index contributed by atoms with van der Waals surface area (Å²) in [4.78, 5) is 91.5. The normalized spacial score (nSPS) is 13.6. The Balaban J connectivity index is 0.000000187. The number of nitrogens with zero attached hydrogens (tertiary/aromatic N) is 17. The number of thioether (sulfide) groups is 2. The zero-order valence-corrected chi connectivity index (χ0v) is 90.2. The Morgan fingerprint density at radius 2 is 0.835 bits per heavy atom. The molecule has 0 radical (unpaired) electrons. The van der Waals surface area contributed by atoms with Crippen LogP contribution in [0, 0.1) is 54.4 Å². The summed E-state index contributed by atoms with van der Waals surface area (Å²) in [5, 5.41) is 26.6. The lowest BCUT2D eigenvalue weighted by atomic mass is 9.88. The van der Waals surface area contributed by atoms with Crippen LogP contribution in [0.1, 0.15) is 232 Å². The molecule has 13 aromatic heterocycles. The molecule has 1 aromatic carbocycles. The van der Waals surface area contributed by atoms with E-state index in [1.54, 1.807) is 63.3 Å². The fourth-order valence-electron chi connectivity index (χ4n) is 14.2. The van der Waals surface area contributed by atoms with Crippen LogP contribution < -0.4 is 42.0 Å². The number of guanidine groups is 1. The van der Waals surface area contributed by atoms with Crippen LogP contribution in [-0.4, -0.2) is 133 Å². The van der Waals surface area contributed by atoms with Gasteiger partial charge in [0.05, 0.1) is 63.7 Å². The van der Waals surface area contributed by atoms with Gasteiger partial charge in [-0.25, -0.2) is 79.8 Å². The quantitative estimate of drug-likeness (QED) is 0.0564. The third-order valence-electron chi connectivity index (χ3n) is 19.2. The molecular weight excluding hydrogens is 1830 g/mol. The Bertz CT molecular complexity index is 5490. The van der Waals surface area contributed by atoms with E-state index in [0.717, 1.165) is 183 Å². The summed E-state index contributed by atoms with van der Waals surface area (Å²) >= 11 is 16.2. The van der Waals surface area contributed by atoms with Crippen molar-refractivity contribution in [2.45, 2.75) is 253 Å². The number of thiazole rings is 3. The van der Waals surface area contributed by atoms with Crippen molar-refractivity contribution in [2.24, 2.45) is 15.9 Å². The molecule has 0 amide bonds. The van der Waals surface area contributed by atoms with Gasteiger partial charge in [-0.15, -0.1) is 103 Å². The van der Waals surface area contributed by atoms with E-state index in [0.29, 0.717) is 42.4 Å². The van der Waals surface area contributed by atoms with Gasteiger partial charge in [-0.3, -0.25) is 4.99 Å². The molecule has 7 N–H and O–H groups in total. The van der Waals surface area contributed by atoms with E-state index < -0.39 is 0 Å². The Labute approximate surface area is 825 Å². The average Bonchev–Trinajstić information content (AvgIpc) is 1.72. The highest BCUT2D eigenvalue weighted by Gasteiger charge is 2.32. The predicted octanol–water partition coefficient (Wildman–Crippen LogP) is 27.8. The van der Waals surface area contributed by atoms with Crippen LogP contribution in [0.3, 0.4) is 0 Å². The Morgan fingerprint density at radius 3 is 1.41 bits per heavy atom. The van der Waals surface area contributed by atoms with Crippen molar-refractivity contribution >= 4 is 178 Å². The first kappa shape index (κ1) is 108. The van der Waals surface area contributed by atoms with E-state index in [9.17, 15) is 0 Å². The van der Waals surface area contributed by atoms with Crippen LogP contribution in [0.25, 0.3) is 83.7 Å². The number of rotatable bonds is 13. The Kier molecular flexibility index (Phi) is 45.5. The first-order chi connectivity index (χ1) is 64.9. The molecule has 34 heteroatoms. The molecule has 21 rings (SSSR count). The number of hydrogen-bond donors (Lipinski definition) is 7. The molecule has 0 bridgehead atoms. The number of nitrogens with one attached hydrogen (secondary N) is 7. The predicted molar refractivity (Wildman–Crippen MR) is 580 cm³/mol. The standard InChI is InChI=1S/2C13H15N3S.C12H14N4S.C12H12N4S.C12H13N3OS.C12H13N3S2.C11H12N4S2.7C2H6/c2*1-3-14-13-15-7-9-4-5-11-10(12(9)16-13)6-8(2)17-11;2*1-3-13-12-14-6-8-4-5-9-11(10(8)16-12)15-7(2)17-9;2*1-3-13-12-14-5-9-11(15-12)8-4-7(2)17-10(8)6-16-9;1-3-12-11-13-4-7-9(15-11)10-8(5-16-7)17-6(2)14-10;7*1-2/h6-7H,3-5H2,1-2H3,(H,14,15,16);4-7,9,12H,3H2,1-2H3,(H,14,16);6H,3-5H2,1-2H3,(H,13,14,16);4-6H,3H2,1-2H3,(H,13,14,16);2*4-5H,3,6H2,1-2H3,(H,13,14,15);4H,3,5H2,1-2H3,(H,12,13,15);7*1-2H3. The number of hydrogen-bond acceptors (Lipinski definition) is 32. The number of aromatic nitrogens is 15. The molecule has 0 saturated carbocycles. The van der Waals surface area contributed by atoms with Gasteiger partial charge in [0.2, 0.25) is 41.6 Å². The average molecular weight is 1970 g/mol. The molecular formula is C99H136N24OS9. The third kappa shape index (κ3) is 28.4. The third-order valence-corrected chi connectivity index (χ3v) is 28.8. The second kappa shape index (κ2) is 55.8. The lowest BCUT2D eigenvalue weighted by molar-refractivity contribution is 0.303. The van der Waals surface area contributed by atoms with Crippen molar-refractivity contribution in [3.8, 4) is 62.3 Å². The maximum Gasteiger partial charge on any atom is 0.223 e. The van der Waals surface area contributed by atoms with Gasteiger partial charge in [0.1, 0.15) is 40.4 Å². The van der Waals surface area contributed by atoms with E-state index in [-0.39, 0.29) is 0 Å². The van der Waals surface area contributed by atoms with Gasteiger partial charge in [-0.1, -0.05) is 103 Å². The maximum absolute atomic E-state index is 5.65. The maximum atomic E-state index is 5.65. The molecule has 25 nitrogen and oxygen atoms in total. The van der Waals surface area contributed by atoms with Crippen molar-refractivity contribution in [3.63, 3.8) is 0 Å². The molecule has 0 spiro atoms. The highest BCUT2D eigenvalue weighted by atomic mass is 32.2. The van der Waals surface area contributed by atoms with Gasteiger partial charge in [-0.2, -0.15) is 0 Å². The molecule has 0 saturated heterocycles. The van der Waals surface area contributed by atoms with Crippen LogP contribution in [-0.2, 0) is 43.8 Å². The summed E-state index contributed by atoms with van der Waals surface area (Å²) in [7, 11) is 0. The first-order valence-corrected chi connectivity index (χ1v) is 54.7. The SMILES string of the molecule is CC.CC.CC.CC.CC.CC.CC.CCN=C1N=CC2C=Cc3sc(C)cc3C2N1.CCNc1ncc2c(n1)-c1cc(C)sc1CC2.CCNc1ncc2c(n1)-c1cc(C)sc1CO2.CCNc1ncc2c(n1)-c1cc(C)sc1CS2.CCNc1ncc2c(n1)-c1nc(C)sc1CC2.CCNc1ncc2c(n1)-c1nc(C)sc1CS2.CCNc1ncc2ccc3sc(C)nc3c2n1. The number of aryl methyl sites for hydroxylation is 11. The zero-order chi connectivity index (χ0) is 96.8. The summed E-state index contributed by atoms with van der Waals surface area (Å²) in [6, 6.07) is 13.4. The van der Waals surface area contributed by atoms with Gasteiger partial charge in [0, 0.05) is 166 Å². The zero-order valence-electron chi connectivity index (χ0n) is 82.9. The monoisotopic (exact) mass is 1960 g/mol. The van der Waals surface area contributed by atoms with Crippen molar-refractivity contribution in [1.29, 1.82) is 0 Å². The summed E-state index contributed by atoms with van der Waals surface area (Å²) in [5.74, 6) is 8.09. The second-order valence-electron chi connectivity index (χ2n) is 28.1. The minimum Gasteiger partial charge on any atom is -0.484 e. The molecule has 0 fully saturated rings. The number of ether oxygens (including phenoxy) is 1. The molecule has 2 atom stereocenters. The van der Waals surface area contributed by atoms with Gasteiger partial charge in [0.25, 0.3) is 0 Å². The number of thiophene rings is 4. The molecule has 3 aliphatic carbocycles. The second-order valence-corrected chi connectivity index (χ2v) is 39.2. The highest BCUT2D eigenvalue weighted by molar-refractivity contribution is 7.99. The van der Waals surface area contributed by atoms with E-state index in [1.165, 1.54) is 91.7 Å². The van der Waals surface area contributed by atoms with Crippen LogP contribution in [0.15, 0.2) is 99.4 Å². The smallest absolute Gasteiger partial charge is 0.223 e. The Hall–Kier alpha value is -9.91. The van der Waals surface area contributed by atoms with Gasteiger partial charge < -0.3 is 42.0 Å². The van der Waals surface area contributed by atoms with Crippen LogP contribution in [0.2, 0.25) is 0 Å². The molecule has 4 aliphatic heterocycles. The van der Waals surface area contributed by atoms with Crippen molar-refractivity contribution < 1.29 is 4.74 Å². The minimum absolute atomic E-state index is 0.308. The van der Waals surface area contributed by atoms with E-state index in [4.69, 9.17) is 4.74 Å². The number of fused-ring (bicyclic) bond motifs is 21. The van der Waals surface area contributed by atoms with Gasteiger partial charge in [0.15, 0.2) is 5.75 Å². The lowest BCUT2D eigenvalue weighted by Gasteiger charge is -2.30. The Morgan fingerprint density at radius 1 is 0.391 bits per heavy atom. The summed E-state index contributed by atoms with van der Waals surface area (Å²) in [6.45, 7) is 63.4. The fourth-order valence-corrected chi connectivity index (χ4v) is 23.0. The first-order valence-electron chi connectivity index (χ1n) is 47.0. The highest BCUT2D eigenvalue weighted by Crippen LogP contribution is 2.47. The molecule has 14 aromatic rings. The van der Waals surface area contributed by atoms with E-state index in [1.807, 2.05) is 234 Å². The summed E-state index contributed by atoms with van der Waals surface area (Å²) in [5.41, 5.74) is 16.8.